The zero-order chi connectivity index (χ0) is 49.3. The third-order valence-corrected chi connectivity index (χ3v) is 15.5. The van der Waals surface area contributed by atoms with E-state index in [0.717, 1.165) is 72.6 Å². The highest BCUT2D eigenvalue weighted by atomic mass is 16.3. The second-order valence-electron chi connectivity index (χ2n) is 20.0. The molecule has 14 rings (SSSR count). The summed E-state index contributed by atoms with van der Waals surface area (Å²) in [5, 5.41) is 6.94. The van der Waals surface area contributed by atoms with Gasteiger partial charge in [0.15, 0.2) is 0 Å². The smallest absolute Gasteiger partial charge is 0.143 e. The Hall–Kier alpha value is -9.44. The molecule has 0 amide bonds. The SMILES string of the molecule is CC1(C)c2ccccc2-c2ccc(N(c3ccc(-c4cccc5c4oc4ccccc45)cc3)c3ccc(N(c4ccc(-c5ccccc5)cc4)c4ccc(-c5ccccc5)cc4)c4ccc5ccccc5c34)cc21. The Morgan fingerprint density at radius 3 is 1.50 bits per heavy atom. The van der Waals surface area contributed by atoms with Crippen molar-refractivity contribution < 1.29 is 4.42 Å². The minimum Gasteiger partial charge on any atom is -0.455 e. The maximum Gasteiger partial charge on any atom is 0.143 e. The summed E-state index contributed by atoms with van der Waals surface area (Å²) in [6.07, 6.45) is 0. The van der Waals surface area contributed by atoms with Crippen LogP contribution in [-0.2, 0) is 5.41 Å². The van der Waals surface area contributed by atoms with Crippen LogP contribution in [0.3, 0.4) is 0 Å². The Balaban J connectivity index is 0.983. The van der Waals surface area contributed by atoms with Gasteiger partial charge in [-0.05, 0) is 128 Å². The van der Waals surface area contributed by atoms with Crippen molar-refractivity contribution in [3.05, 3.63) is 278 Å². The number of rotatable bonds is 9. The van der Waals surface area contributed by atoms with Crippen molar-refractivity contribution in [2.75, 3.05) is 9.80 Å². The first kappa shape index (κ1) is 43.4. The summed E-state index contributed by atoms with van der Waals surface area (Å²) in [6, 6.07) is 97.3. The van der Waals surface area contributed by atoms with Crippen molar-refractivity contribution >= 4 is 77.6 Å². The van der Waals surface area contributed by atoms with Crippen LogP contribution in [0.1, 0.15) is 25.0 Å². The van der Waals surface area contributed by atoms with Crippen LogP contribution < -0.4 is 9.80 Å². The normalized spacial score (nSPS) is 12.6. The molecule has 74 heavy (non-hydrogen) atoms. The molecule has 0 atom stereocenters. The van der Waals surface area contributed by atoms with E-state index in [9.17, 15) is 0 Å². The van der Waals surface area contributed by atoms with E-state index in [-0.39, 0.29) is 5.41 Å². The molecule has 0 spiro atoms. The van der Waals surface area contributed by atoms with Gasteiger partial charge in [0.2, 0.25) is 0 Å². The molecule has 0 saturated carbocycles. The molecule has 3 heteroatoms. The molecule has 12 aromatic carbocycles. The van der Waals surface area contributed by atoms with Gasteiger partial charge in [-0.2, -0.15) is 0 Å². The van der Waals surface area contributed by atoms with Crippen LogP contribution in [0, 0.1) is 0 Å². The summed E-state index contributed by atoms with van der Waals surface area (Å²) in [5.41, 5.74) is 20.3. The predicted molar refractivity (Wildman–Crippen MR) is 312 cm³/mol. The Bertz CT molecular complexity index is 4170. The number of hydrogen-bond donors (Lipinski definition) is 0. The molecule has 0 bridgehead atoms. The quantitative estimate of drug-likeness (QED) is 0.134. The highest BCUT2D eigenvalue weighted by Crippen LogP contribution is 2.53. The number of hydrogen-bond acceptors (Lipinski definition) is 3. The van der Waals surface area contributed by atoms with Crippen LogP contribution >= 0.6 is 0 Å². The lowest BCUT2D eigenvalue weighted by Crippen LogP contribution is -2.17. The molecule has 1 aromatic heterocycles. The largest absolute Gasteiger partial charge is 0.455 e. The van der Waals surface area contributed by atoms with Crippen LogP contribution in [0.4, 0.5) is 34.1 Å². The average Bonchev–Trinajstić information content (AvgIpc) is 4.00. The molecule has 0 N–H and O–H groups in total. The van der Waals surface area contributed by atoms with E-state index in [1.54, 1.807) is 0 Å². The first-order valence-electron chi connectivity index (χ1n) is 25.6. The Morgan fingerprint density at radius 1 is 0.311 bits per heavy atom. The highest BCUT2D eigenvalue weighted by Gasteiger charge is 2.36. The van der Waals surface area contributed by atoms with Crippen LogP contribution in [0.25, 0.3) is 88.0 Å². The molecule has 3 nitrogen and oxygen atoms in total. The molecular weight excluding hydrogens is 897 g/mol. The molecule has 13 aromatic rings. The summed E-state index contributed by atoms with van der Waals surface area (Å²) < 4.78 is 6.56. The van der Waals surface area contributed by atoms with Crippen LogP contribution in [0.15, 0.2) is 271 Å². The lowest BCUT2D eigenvalue weighted by Gasteiger charge is -2.32. The van der Waals surface area contributed by atoms with Crippen LogP contribution in [0.5, 0.6) is 0 Å². The van der Waals surface area contributed by atoms with E-state index >= 15 is 0 Å². The van der Waals surface area contributed by atoms with Gasteiger partial charge in [0, 0.05) is 55.3 Å². The molecule has 0 unspecified atom stereocenters. The van der Waals surface area contributed by atoms with Gasteiger partial charge >= 0.3 is 0 Å². The number of para-hydroxylation sites is 2. The van der Waals surface area contributed by atoms with E-state index < -0.39 is 0 Å². The molecular formula is C71H50N2O. The van der Waals surface area contributed by atoms with Crippen LogP contribution in [-0.4, -0.2) is 0 Å². The second-order valence-corrected chi connectivity index (χ2v) is 20.0. The molecule has 1 aliphatic rings. The molecule has 0 saturated heterocycles. The van der Waals surface area contributed by atoms with Crippen molar-refractivity contribution in [3.8, 4) is 44.5 Å². The number of fused-ring (bicyclic) bond motifs is 9. The van der Waals surface area contributed by atoms with Crippen molar-refractivity contribution in [2.45, 2.75) is 19.3 Å². The predicted octanol–water partition coefficient (Wildman–Crippen LogP) is 20.1. The van der Waals surface area contributed by atoms with Crippen molar-refractivity contribution in [1.82, 2.24) is 0 Å². The molecule has 1 heterocycles. The van der Waals surface area contributed by atoms with Gasteiger partial charge in [0.1, 0.15) is 11.2 Å². The van der Waals surface area contributed by atoms with Gasteiger partial charge in [-0.1, -0.05) is 214 Å². The monoisotopic (exact) mass is 946 g/mol. The molecule has 1 aliphatic carbocycles. The van der Waals surface area contributed by atoms with Gasteiger partial charge in [-0.25, -0.2) is 0 Å². The molecule has 350 valence electrons. The Labute approximate surface area is 431 Å². The standard InChI is InChI=1S/C71H50N2O/c1-71(2)64-26-13-11-22-59(64)60-43-41-56(46-65(60)71)73(55-39-32-52(33-40-55)58-24-15-25-62-61-23-12-14-27-68(61)74-70(58)62)67-45-44-66(63-42-34-51-20-9-10-21-57(51)69(63)67)72(53-35-28-49(29-36-53)47-16-5-3-6-17-47)54-37-30-50(31-38-54)48-18-7-4-8-19-48/h3-46H,1-2H3. The zero-order valence-corrected chi connectivity index (χ0v) is 41.2. The fraction of sp³-hybridized carbons (Fsp3) is 0.0423. The van der Waals surface area contributed by atoms with E-state index in [0.29, 0.717) is 0 Å². The second kappa shape index (κ2) is 17.4. The van der Waals surface area contributed by atoms with Crippen LogP contribution in [0.2, 0.25) is 0 Å². The minimum absolute atomic E-state index is 0.187. The third kappa shape index (κ3) is 7.11. The fourth-order valence-corrected chi connectivity index (χ4v) is 11.8. The summed E-state index contributed by atoms with van der Waals surface area (Å²) in [6.45, 7) is 4.73. The van der Waals surface area contributed by atoms with E-state index in [1.807, 2.05) is 6.07 Å². The molecule has 0 aliphatic heterocycles. The first-order chi connectivity index (χ1) is 36.5. The van der Waals surface area contributed by atoms with Gasteiger partial charge in [-0.3, -0.25) is 0 Å². The topological polar surface area (TPSA) is 19.6 Å². The summed E-state index contributed by atoms with van der Waals surface area (Å²) >= 11 is 0. The van der Waals surface area contributed by atoms with E-state index in [4.69, 9.17) is 4.42 Å². The minimum atomic E-state index is -0.187. The van der Waals surface area contributed by atoms with Crippen molar-refractivity contribution in [1.29, 1.82) is 0 Å². The number of anilines is 6. The summed E-state index contributed by atoms with van der Waals surface area (Å²) in [4.78, 5) is 4.91. The van der Waals surface area contributed by atoms with E-state index in [1.165, 1.54) is 60.7 Å². The summed E-state index contributed by atoms with van der Waals surface area (Å²) in [5.74, 6) is 0. The van der Waals surface area contributed by atoms with Gasteiger partial charge in [0.05, 0.1) is 11.4 Å². The maximum absolute atomic E-state index is 6.56. The zero-order valence-electron chi connectivity index (χ0n) is 41.2. The Kier molecular flexibility index (Phi) is 10.2. The van der Waals surface area contributed by atoms with Gasteiger partial charge in [0.25, 0.3) is 0 Å². The number of benzene rings is 12. The number of furan rings is 1. The Morgan fingerprint density at radius 2 is 0.811 bits per heavy atom. The van der Waals surface area contributed by atoms with Gasteiger partial charge < -0.3 is 14.2 Å². The molecule has 0 fully saturated rings. The third-order valence-electron chi connectivity index (χ3n) is 15.5. The van der Waals surface area contributed by atoms with Gasteiger partial charge in [-0.15, -0.1) is 0 Å². The number of nitrogens with zero attached hydrogens (tertiary/aromatic N) is 2. The van der Waals surface area contributed by atoms with Crippen molar-refractivity contribution in [2.24, 2.45) is 0 Å². The van der Waals surface area contributed by atoms with E-state index in [2.05, 4.69) is 285 Å². The maximum atomic E-state index is 6.56. The molecule has 0 radical (unpaired) electrons. The lowest BCUT2D eigenvalue weighted by atomic mass is 9.82. The fourth-order valence-electron chi connectivity index (χ4n) is 11.8. The van der Waals surface area contributed by atoms with Crippen molar-refractivity contribution in [3.63, 3.8) is 0 Å². The lowest BCUT2D eigenvalue weighted by molar-refractivity contribution is 0.660. The average molecular weight is 947 g/mol. The highest BCUT2D eigenvalue weighted by molar-refractivity contribution is 6.19. The first-order valence-corrected chi connectivity index (χ1v) is 25.6. The summed E-state index contributed by atoms with van der Waals surface area (Å²) in [7, 11) is 0.